The summed E-state index contributed by atoms with van der Waals surface area (Å²) in [5.41, 5.74) is 7.63. The molecule has 0 radical (unpaired) electrons. The molecule has 1 saturated heterocycles. The van der Waals surface area contributed by atoms with E-state index in [1.807, 2.05) is 0 Å². The number of hydrogen-bond donors (Lipinski definition) is 2. The van der Waals surface area contributed by atoms with Crippen molar-refractivity contribution < 1.29 is 4.79 Å². The zero-order chi connectivity index (χ0) is 12.8. The molecule has 1 fully saturated rings. The van der Waals surface area contributed by atoms with Gasteiger partial charge >= 0.3 is 0 Å². The van der Waals surface area contributed by atoms with Gasteiger partial charge in [0.1, 0.15) is 0 Å². The van der Waals surface area contributed by atoms with Crippen LogP contribution in [0.15, 0.2) is 24.3 Å². The molecule has 1 aliphatic rings. The minimum absolute atomic E-state index is 0.258. The van der Waals surface area contributed by atoms with E-state index in [1.54, 1.807) is 0 Å². The number of benzene rings is 1. The van der Waals surface area contributed by atoms with Crippen molar-refractivity contribution in [3.63, 3.8) is 0 Å². The summed E-state index contributed by atoms with van der Waals surface area (Å²) in [5, 5.41) is 3.21. The number of hydrogen-bond acceptors (Lipinski definition) is 3. The highest BCUT2D eigenvalue weighted by Gasteiger charge is 2.11. The molecular weight excluding hydrogens is 226 g/mol. The molecule has 1 aromatic rings. The highest BCUT2D eigenvalue weighted by molar-refractivity contribution is 5.73. The van der Waals surface area contributed by atoms with Crippen molar-refractivity contribution in [1.82, 2.24) is 5.32 Å². The summed E-state index contributed by atoms with van der Waals surface area (Å²) in [5.74, 6) is -0.258. The van der Waals surface area contributed by atoms with Crippen LogP contribution in [-0.4, -0.2) is 25.5 Å². The van der Waals surface area contributed by atoms with E-state index < -0.39 is 0 Å². The van der Waals surface area contributed by atoms with E-state index in [9.17, 15) is 4.79 Å². The number of amides is 1. The summed E-state index contributed by atoms with van der Waals surface area (Å²) in [4.78, 5) is 13.0. The van der Waals surface area contributed by atoms with Crippen LogP contribution >= 0.6 is 0 Å². The summed E-state index contributed by atoms with van der Waals surface area (Å²) < 4.78 is 0. The maximum Gasteiger partial charge on any atom is 0.218 e. The van der Waals surface area contributed by atoms with Gasteiger partial charge in [-0.1, -0.05) is 12.1 Å². The number of carbonyl (C=O) groups is 1. The van der Waals surface area contributed by atoms with E-state index in [-0.39, 0.29) is 5.91 Å². The molecule has 0 spiro atoms. The molecule has 0 saturated carbocycles. The minimum atomic E-state index is -0.258. The summed E-state index contributed by atoms with van der Waals surface area (Å²) in [6.07, 6.45) is 3.00. The van der Waals surface area contributed by atoms with Crippen molar-refractivity contribution in [3.8, 4) is 0 Å². The fraction of sp³-hybridized carbons (Fsp3) is 0.500. The van der Waals surface area contributed by atoms with Crippen LogP contribution in [0.3, 0.4) is 0 Å². The Hall–Kier alpha value is -1.55. The van der Waals surface area contributed by atoms with Gasteiger partial charge in [-0.2, -0.15) is 0 Å². The summed E-state index contributed by atoms with van der Waals surface area (Å²) in [7, 11) is 0. The Morgan fingerprint density at radius 2 is 1.89 bits per heavy atom. The fourth-order valence-electron chi connectivity index (χ4n) is 2.24. The topological polar surface area (TPSA) is 58.4 Å². The first-order valence-corrected chi connectivity index (χ1v) is 6.58. The van der Waals surface area contributed by atoms with Crippen molar-refractivity contribution in [2.24, 2.45) is 5.73 Å². The van der Waals surface area contributed by atoms with Gasteiger partial charge in [-0.25, -0.2) is 0 Å². The third kappa shape index (κ3) is 3.74. The molecule has 0 aromatic heterocycles. The first kappa shape index (κ1) is 12.9. The van der Waals surface area contributed by atoms with E-state index in [0.717, 1.165) is 6.54 Å². The van der Waals surface area contributed by atoms with Gasteiger partial charge in [0, 0.05) is 38.3 Å². The molecule has 3 N–H and O–H groups in total. The molecule has 2 rings (SSSR count). The Labute approximate surface area is 108 Å². The first-order valence-electron chi connectivity index (χ1n) is 6.58. The van der Waals surface area contributed by atoms with E-state index in [0.29, 0.717) is 13.0 Å². The van der Waals surface area contributed by atoms with E-state index in [2.05, 4.69) is 34.5 Å². The highest BCUT2D eigenvalue weighted by atomic mass is 16.1. The van der Waals surface area contributed by atoms with E-state index in [1.165, 1.54) is 37.2 Å². The summed E-state index contributed by atoms with van der Waals surface area (Å²) >= 11 is 0. The number of anilines is 1. The monoisotopic (exact) mass is 247 g/mol. The SMILES string of the molecule is NC(=O)CCNCc1ccc(N2CCCC2)cc1. The molecule has 4 heteroatoms. The Morgan fingerprint density at radius 1 is 1.22 bits per heavy atom. The number of carbonyl (C=O) groups excluding carboxylic acids is 1. The fourth-order valence-corrected chi connectivity index (χ4v) is 2.24. The lowest BCUT2D eigenvalue weighted by Gasteiger charge is -2.17. The van der Waals surface area contributed by atoms with Crippen LogP contribution in [0.2, 0.25) is 0 Å². The normalized spacial score (nSPS) is 15.0. The van der Waals surface area contributed by atoms with Gasteiger partial charge in [0.2, 0.25) is 5.91 Å². The van der Waals surface area contributed by atoms with Gasteiger partial charge in [0.05, 0.1) is 0 Å². The van der Waals surface area contributed by atoms with Crippen LogP contribution in [0, 0.1) is 0 Å². The zero-order valence-electron chi connectivity index (χ0n) is 10.7. The van der Waals surface area contributed by atoms with Gasteiger partial charge in [-0.3, -0.25) is 4.79 Å². The van der Waals surface area contributed by atoms with Gasteiger partial charge in [0.15, 0.2) is 0 Å². The number of nitrogens with one attached hydrogen (secondary N) is 1. The van der Waals surface area contributed by atoms with Crippen LogP contribution in [0.25, 0.3) is 0 Å². The lowest BCUT2D eigenvalue weighted by Crippen LogP contribution is -2.21. The molecule has 1 amide bonds. The maximum absolute atomic E-state index is 10.6. The number of nitrogens with two attached hydrogens (primary N) is 1. The number of nitrogens with zero attached hydrogens (tertiary/aromatic N) is 1. The summed E-state index contributed by atoms with van der Waals surface area (Å²) in [6.45, 7) is 3.78. The number of rotatable bonds is 6. The van der Waals surface area contributed by atoms with Crippen LogP contribution in [0.1, 0.15) is 24.8 Å². The predicted octanol–water partition coefficient (Wildman–Crippen LogP) is 1.25. The second-order valence-electron chi connectivity index (χ2n) is 4.75. The average Bonchev–Trinajstić information content (AvgIpc) is 2.89. The van der Waals surface area contributed by atoms with Crippen molar-refractivity contribution in [3.05, 3.63) is 29.8 Å². The molecule has 18 heavy (non-hydrogen) atoms. The number of primary amides is 1. The maximum atomic E-state index is 10.6. The lowest BCUT2D eigenvalue weighted by atomic mass is 10.2. The molecule has 0 unspecified atom stereocenters. The third-order valence-corrected chi connectivity index (χ3v) is 3.28. The lowest BCUT2D eigenvalue weighted by molar-refractivity contribution is -0.117. The Bertz CT molecular complexity index is 383. The molecule has 1 aliphatic heterocycles. The van der Waals surface area contributed by atoms with Crippen LogP contribution in [0.5, 0.6) is 0 Å². The van der Waals surface area contributed by atoms with Crippen molar-refractivity contribution >= 4 is 11.6 Å². The van der Waals surface area contributed by atoms with Crippen molar-refractivity contribution in [2.75, 3.05) is 24.5 Å². The molecule has 4 nitrogen and oxygen atoms in total. The third-order valence-electron chi connectivity index (χ3n) is 3.28. The van der Waals surface area contributed by atoms with Crippen LogP contribution in [0.4, 0.5) is 5.69 Å². The largest absolute Gasteiger partial charge is 0.372 e. The Balaban J connectivity index is 1.78. The average molecular weight is 247 g/mol. The first-order chi connectivity index (χ1) is 8.75. The van der Waals surface area contributed by atoms with Crippen LogP contribution < -0.4 is 16.0 Å². The second-order valence-corrected chi connectivity index (χ2v) is 4.75. The summed E-state index contributed by atoms with van der Waals surface area (Å²) in [6, 6.07) is 8.64. The van der Waals surface area contributed by atoms with Gasteiger partial charge in [-0.15, -0.1) is 0 Å². The standard InChI is InChI=1S/C14H21N3O/c15-14(18)7-8-16-11-12-3-5-13(6-4-12)17-9-1-2-10-17/h3-6,16H,1-2,7-11H2,(H2,15,18). The van der Waals surface area contributed by atoms with Gasteiger partial charge in [-0.05, 0) is 30.5 Å². The molecular formula is C14H21N3O. The quantitative estimate of drug-likeness (QED) is 0.744. The van der Waals surface area contributed by atoms with Crippen molar-refractivity contribution in [2.45, 2.75) is 25.8 Å². The van der Waals surface area contributed by atoms with Crippen molar-refractivity contribution in [1.29, 1.82) is 0 Å². The molecule has 1 heterocycles. The predicted molar refractivity (Wildman–Crippen MR) is 73.4 cm³/mol. The van der Waals surface area contributed by atoms with E-state index >= 15 is 0 Å². The molecule has 98 valence electrons. The minimum Gasteiger partial charge on any atom is -0.372 e. The molecule has 0 atom stereocenters. The Morgan fingerprint density at radius 3 is 2.50 bits per heavy atom. The molecule has 1 aromatic carbocycles. The Kier molecular flexibility index (Phi) is 4.59. The molecule has 0 aliphatic carbocycles. The smallest absolute Gasteiger partial charge is 0.218 e. The van der Waals surface area contributed by atoms with Crippen LogP contribution in [-0.2, 0) is 11.3 Å². The highest BCUT2D eigenvalue weighted by Crippen LogP contribution is 2.20. The zero-order valence-corrected chi connectivity index (χ0v) is 10.7. The van der Waals surface area contributed by atoms with Gasteiger partial charge in [0.25, 0.3) is 0 Å². The van der Waals surface area contributed by atoms with Gasteiger partial charge < -0.3 is 16.0 Å². The molecule has 0 bridgehead atoms. The van der Waals surface area contributed by atoms with E-state index in [4.69, 9.17) is 5.73 Å². The second kappa shape index (κ2) is 6.40.